The average molecular weight is 552 g/mol. The summed E-state index contributed by atoms with van der Waals surface area (Å²) < 4.78 is 6.58. The topological polar surface area (TPSA) is 87.7 Å². The lowest BCUT2D eigenvalue weighted by Gasteiger charge is -2.44. The normalized spacial score (nSPS) is 37.7. The predicted molar refractivity (Wildman–Crippen MR) is 152 cm³/mol. The summed E-state index contributed by atoms with van der Waals surface area (Å²) in [6, 6.07) is 7.06. The minimum atomic E-state index is -1.11. The van der Waals surface area contributed by atoms with Crippen LogP contribution in [-0.4, -0.2) is 58.7 Å². The summed E-state index contributed by atoms with van der Waals surface area (Å²) in [5.41, 5.74) is -0.402. The van der Waals surface area contributed by atoms with E-state index in [2.05, 4.69) is 24.5 Å². The fourth-order valence-corrected chi connectivity index (χ4v) is 8.42. The van der Waals surface area contributed by atoms with Gasteiger partial charge in [0.1, 0.15) is 11.6 Å². The zero-order valence-corrected chi connectivity index (χ0v) is 24.0. The lowest BCUT2D eigenvalue weighted by molar-refractivity contribution is -0.146. The quantitative estimate of drug-likeness (QED) is 0.393. The van der Waals surface area contributed by atoms with Crippen LogP contribution in [0.25, 0.3) is 0 Å². The Morgan fingerprint density at radius 3 is 2.62 bits per heavy atom. The lowest BCUT2D eigenvalue weighted by atomic mass is 9.74. The van der Waals surface area contributed by atoms with Gasteiger partial charge in [-0.15, -0.1) is 11.8 Å². The molecular weight excluding hydrogens is 510 g/mol. The summed E-state index contributed by atoms with van der Waals surface area (Å²) in [4.78, 5) is 45.3. The van der Waals surface area contributed by atoms with E-state index in [1.807, 2.05) is 47.6 Å². The van der Waals surface area contributed by atoms with Gasteiger partial charge in [-0.3, -0.25) is 14.4 Å². The highest BCUT2D eigenvalue weighted by Crippen LogP contribution is 2.57. The molecule has 0 aromatic heterocycles. The number of thioether (sulfide) groups is 1. The molecule has 39 heavy (non-hydrogen) atoms. The van der Waals surface area contributed by atoms with Gasteiger partial charge in [0, 0.05) is 22.7 Å². The van der Waals surface area contributed by atoms with Crippen molar-refractivity contribution >= 4 is 35.2 Å². The fourth-order valence-electron chi connectivity index (χ4n) is 7.96. The van der Waals surface area contributed by atoms with Crippen LogP contribution in [0.4, 0.5) is 5.69 Å². The third kappa shape index (κ3) is 4.51. The Morgan fingerprint density at radius 1 is 1.05 bits per heavy atom. The smallest absolute Gasteiger partial charge is 0.246 e. The number of nitrogens with one attached hydrogen (secondary N) is 2. The Balaban J connectivity index is 1.33. The van der Waals surface area contributed by atoms with E-state index in [0.29, 0.717) is 11.6 Å². The number of carbonyl (C=O) groups is 3. The van der Waals surface area contributed by atoms with Gasteiger partial charge in [0.05, 0.1) is 17.9 Å². The number of nitrogens with zero attached hydrogens (tertiary/aromatic N) is 1. The molecule has 210 valence electrons. The monoisotopic (exact) mass is 551 g/mol. The van der Waals surface area contributed by atoms with Crippen molar-refractivity contribution in [1.29, 1.82) is 0 Å². The summed E-state index contributed by atoms with van der Waals surface area (Å²) in [5, 5.41) is 6.37. The van der Waals surface area contributed by atoms with Gasteiger partial charge in [0.15, 0.2) is 0 Å². The SMILES string of the molecule is CSc1cccc(NC(=O)[C@@H]2[C@@H]3C=C[C@]4(O3)[C@@H]2C(=O)N([C@@H]2CCC[C@H](C)[C@H]2C)[C@H]4C(=O)NC2CCCCC2)c1. The van der Waals surface area contributed by atoms with Gasteiger partial charge >= 0.3 is 0 Å². The van der Waals surface area contributed by atoms with E-state index in [9.17, 15) is 14.4 Å². The van der Waals surface area contributed by atoms with Crippen LogP contribution in [-0.2, 0) is 19.1 Å². The molecule has 0 radical (unpaired) electrons. The average Bonchev–Trinajstić information content (AvgIpc) is 3.58. The minimum absolute atomic E-state index is 0.0404. The van der Waals surface area contributed by atoms with Gasteiger partial charge < -0.3 is 20.3 Å². The Morgan fingerprint density at radius 2 is 1.85 bits per heavy atom. The third-order valence-corrected chi connectivity index (χ3v) is 10.9. The second-order valence-corrected chi connectivity index (χ2v) is 13.2. The van der Waals surface area contributed by atoms with Gasteiger partial charge in [-0.2, -0.15) is 0 Å². The highest BCUT2D eigenvalue weighted by atomic mass is 32.2. The second-order valence-electron chi connectivity index (χ2n) is 12.3. The third-order valence-electron chi connectivity index (χ3n) is 10.2. The summed E-state index contributed by atoms with van der Waals surface area (Å²) in [6.07, 6.45) is 13.7. The van der Waals surface area contributed by atoms with Crippen molar-refractivity contribution in [2.24, 2.45) is 23.7 Å². The first-order valence-corrected chi connectivity index (χ1v) is 16.0. The zero-order valence-electron chi connectivity index (χ0n) is 23.2. The molecule has 3 amide bonds. The maximum Gasteiger partial charge on any atom is 0.246 e. The first kappa shape index (κ1) is 26.9. The van der Waals surface area contributed by atoms with Gasteiger partial charge in [-0.25, -0.2) is 0 Å². The largest absolute Gasteiger partial charge is 0.359 e. The molecule has 2 bridgehead atoms. The summed E-state index contributed by atoms with van der Waals surface area (Å²) in [5.74, 6) is -1.09. The predicted octanol–water partition coefficient (Wildman–Crippen LogP) is 4.77. The van der Waals surface area contributed by atoms with Crippen molar-refractivity contribution < 1.29 is 19.1 Å². The van der Waals surface area contributed by atoms with Crippen molar-refractivity contribution in [3.05, 3.63) is 36.4 Å². The maximum atomic E-state index is 14.4. The van der Waals surface area contributed by atoms with E-state index < -0.39 is 29.6 Å². The molecule has 8 atom stereocenters. The number of likely N-dealkylation sites (tertiary alicyclic amines) is 1. The number of hydrogen-bond acceptors (Lipinski definition) is 5. The van der Waals surface area contributed by atoms with E-state index in [1.165, 1.54) is 6.42 Å². The van der Waals surface area contributed by atoms with E-state index in [4.69, 9.17) is 4.74 Å². The molecule has 0 unspecified atom stereocenters. The molecule has 1 aromatic rings. The molecule has 2 aliphatic carbocycles. The number of amides is 3. The molecule has 1 spiro atoms. The van der Waals surface area contributed by atoms with Crippen LogP contribution in [0.5, 0.6) is 0 Å². The second kappa shape index (κ2) is 10.6. The van der Waals surface area contributed by atoms with Crippen molar-refractivity contribution in [1.82, 2.24) is 10.2 Å². The Labute approximate surface area is 235 Å². The Hall–Kier alpha value is -2.32. The Kier molecular flexibility index (Phi) is 7.29. The summed E-state index contributed by atoms with van der Waals surface area (Å²) in [7, 11) is 0. The van der Waals surface area contributed by atoms with E-state index in [1.54, 1.807) is 11.8 Å². The van der Waals surface area contributed by atoms with Crippen LogP contribution in [0.3, 0.4) is 0 Å². The number of anilines is 1. The van der Waals surface area contributed by atoms with E-state index in [0.717, 1.165) is 49.8 Å². The highest BCUT2D eigenvalue weighted by molar-refractivity contribution is 7.98. The molecule has 5 aliphatic rings. The van der Waals surface area contributed by atoms with E-state index >= 15 is 0 Å². The van der Waals surface area contributed by atoms with Crippen molar-refractivity contribution in [2.45, 2.75) is 99.9 Å². The fraction of sp³-hybridized carbons (Fsp3) is 0.645. The van der Waals surface area contributed by atoms with Crippen LogP contribution in [0, 0.1) is 23.7 Å². The molecule has 2 saturated carbocycles. The number of benzene rings is 1. The van der Waals surface area contributed by atoms with Crippen molar-refractivity contribution in [2.75, 3.05) is 11.6 Å². The Bertz CT molecular complexity index is 1170. The molecule has 7 nitrogen and oxygen atoms in total. The standard InChI is InChI=1S/C31H41N3O4S/c1-18-9-7-14-23(19(18)2)34-27(29(36)32-20-10-5-4-6-11-20)31-16-15-24(38-31)25(26(31)30(34)37)28(35)33-21-12-8-13-22(17-21)39-3/h8,12-13,15-20,23-27H,4-7,9-11,14H2,1-3H3,(H,32,36)(H,33,35)/t18-,19+,23+,24-,25+,26-,27-,31-/m0/s1. The summed E-state index contributed by atoms with van der Waals surface area (Å²) in [6.45, 7) is 4.45. The number of hydrogen-bond donors (Lipinski definition) is 2. The molecule has 2 saturated heterocycles. The summed E-state index contributed by atoms with van der Waals surface area (Å²) >= 11 is 1.61. The van der Waals surface area contributed by atoms with Gasteiger partial charge in [-0.1, -0.05) is 64.2 Å². The molecule has 6 rings (SSSR count). The van der Waals surface area contributed by atoms with Crippen LogP contribution in [0.1, 0.15) is 65.2 Å². The first-order valence-electron chi connectivity index (χ1n) is 14.8. The molecule has 2 N–H and O–H groups in total. The maximum absolute atomic E-state index is 14.4. The molecule has 1 aromatic carbocycles. The van der Waals surface area contributed by atoms with Gasteiger partial charge in [0.2, 0.25) is 17.7 Å². The number of fused-ring (bicyclic) bond motifs is 1. The van der Waals surface area contributed by atoms with Crippen LogP contribution in [0.15, 0.2) is 41.3 Å². The van der Waals surface area contributed by atoms with Gasteiger partial charge in [0.25, 0.3) is 0 Å². The highest BCUT2D eigenvalue weighted by Gasteiger charge is 2.73. The van der Waals surface area contributed by atoms with Crippen molar-refractivity contribution in [3.63, 3.8) is 0 Å². The van der Waals surface area contributed by atoms with E-state index in [-0.39, 0.29) is 35.7 Å². The molecule has 3 heterocycles. The van der Waals surface area contributed by atoms with Crippen LogP contribution < -0.4 is 10.6 Å². The van der Waals surface area contributed by atoms with Crippen molar-refractivity contribution in [3.8, 4) is 0 Å². The lowest BCUT2D eigenvalue weighted by Crippen LogP contribution is -2.60. The molecular formula is C31H41N3O4S. The molecule has 8 heteroatoms. The molecule has 3 aliphatic heterocycles. The number of rotatable bonds is 6. The minimum Gasteiger partial charge on any atom is -0.359 e. The number of ether oxygens (including phenoxy) is 1. The molecule has 4 fully saturated rings. The van der Waals surface area contributed by atoms with Crippen LogP contribution in [0.2, 0.25) is 0 Å². The first-order chi connectivity index (χ1) is 18.8. The number of carbonyl (C=O) groups excluding carboxylic acids is 3. The van der Waals surface area contributed by atoms with Crippen LogP contribution >= 0.6 is 11.8 Å². The zero-order chi connectivity index (χ0) is 27.3. The van der Waals surface area contributed by atoms with Gasteiger partial charge in [-0.05, 0) is 55.6 Å².